The molecule has 0 aliphatic heterocycles. The number of aliphatic hydroxyl groups is 1. The van der Waals surface area contributed by atoms with Gasteiger partial charge in [-0.05, 0) is 19.8 Å². The molecule has 0 aromatic carbocycles. The lowest BCUT2D eigenvalue weighted by Crippen LogP contribution is -2.36. The lowest BCUT2D eigenvalue weighted by Gasteiger charge is -2.22. The predicted octanol–water partition coefficient (Wildman–Crippen LogP) is 0.715. The van der Waals surface area contributed by atoms with E-state index in [1.807, 2.05) is 13.8 Å². The minimum absolute atomic E-state index is 0.276. The molecule has 68 valence electrons. The van der Waals surface area contributed by atoms with Gasteiger partial charge in [-0.1, -0.05) is 13.8 Å². The molecule has 11 heavy (non-hydrogen) atoms. The van der Waals surface area contributed by atoms with Crippen LogP contribution in [-0.4, -0.2) is 23.5 Å². The Hall–Kier alpha value is -0.120. The Morgan fingerprint density at radius 2 is 1.91 bits per heavy atom. The summed E-state index contributed by atoms with van der Waals surface area (Å²) in [5.74, 6) is 0.289. The van der Waals surface area contributed by atoms with Gasteiger partial charge in [-0.2, -0.15) is 0 Å². The number of hydrogen-bond acceptors (Lipinski definition) is 3. The van der Waals surface area contributed by atoms with Crippen LogP contribution in [0.5, 0.6) is 0 Å². The zero-order valence-electron chi connectivity index (χ0n) is 7.79. The van der Waals surface area contributed by atoms with Crippen LogP contribution in [0.15, 0.2) is 0 Å². The van der Waals surface area contributed by atoms with E-state index in [1.54, 1.807) is 13.8 Å². The molecule has 3 nitrogen and oxygen atoms in total. The Kier molecular flexibility index (Phi) is 4.00. The van der Waals surface area contributed by atoms with Gasteiger partial charge in [0.25, 0.3) is 0 Å². The van der Waals surface area contributed by atoms with Crippen molar-refractivity contribution in [1.82, 2.24) is 0 Å². The minimum atomic E-state index is -0.785. The average Bonchev–Trinajstić information content (AvgIpc) is 1.80. The third kappa shape index (κ3) is 6.28. The molecule has 0 aromatic rings. The third-order valence-corrected chi connectivity index (χ3v) is 1.29. The third-order valence-electron chi connectivity index (χ3n) is 1.29. The highest BCUT2D eigenvalue weighted by Gasteiger charge is 2.16. The van der Waals surface area contributed by atoms with Crippen LogP contribution < -0.4 is 5.73 Å². The van der Waals surface area contributed by atoms with Gasteiger partial charge in [0.15, 0.2) is 0 Å². The molecular weight excluding hydrogens is 142 g/mol. The fourth-order valence-corrected chi connectivity index (χ4v) is 0.493. The first-order chi connectivity index (χ1) is 4.83. The second-order valence-electron chi connectivity index (χ2n) is 3.83. The minimum Gasteiger partial charge on any atom is -0.388 e. The number of ether oxygens (including phenoxy) is 1. The van der Waals surface area contributed by atoms with Gasteiger partial charge in [0.1, 0.15) is 6.23 Å². The van der Waals surface area contributed by atoms with E-state index in [0.717, 1.165) is 0 Å². The van der Waals surface area contributed by atoms with Gasteiger partial charge in [-0.15, -0.1) is 0 Å². The fraction of sp³-hybridized carbons (Fsp3) is 1.00. The molecule has 0 spiro atoms. The lowest BCUT2D eigenvalue weighted by molar-refractivity contribution is -0.0640. The van der Waals surface area contributed by atoms with Crippen molar-refractivity contribution in [2.24, 2.45) is 11.7 Å². The van der Waals surface area contributed by atoms with Crippen LogP contribution in [0.2, 0.25) is 0 Å². The van der Waals surface area contributed by atoms with E-state index in [1.165, 1.54) is 0 Å². The summed E-state index contributed by atoms with van der Waals surface area (Å²) in [6, 6.07) is 0. The number of hydrogen-bond donors (Lipinski definition) is 2. The molecule has 3 heteroatoms. The largest absolute Gasteiger partial charge is 0.388 e. The summed E-state index contributed by atoms with van der Waals surface area (Å²) in [6.07, 6.45) is -0.276. The molecule has 3 N–H and O–H groups in total. The molecule has 0 radical (unpaired) electrons. The van der Waals surface area contributed by atoms with Gasteiger partial charge in [-0.3, -0.25) is 0 Å². The van der Waals surface area contributed by atoms with E-state index >= 15 is 0 Å². The first-order valence-corrected chi connectivity index (χ1v) is 3.92. The van der Waals surface area contributed by atoms with Crippen molar-refractivity contribution in [3.05, 3.63) is 0 Å². The smallest absolute Gasteiger partial charge is 0.108 e. The summed E-state index contributed by atoms with van der Waals surface area (Å²) < 4.78 is 5.20. The Morgan fingerprint density at radius 1 is 1.45 bits per heavy atom. The van der Waals surface area contributed by atoms with Crippen LogP contribution in [0.1, 0.15) is 27.7 Å². The van der Waals surface area contributed by atoms with Gasteiger partial charge in [-0.25, -0.2) is 0 Å². The summed E-state index contributed by atoms with van der Waals surface area (Å²) in [5, 5.41) is 9.27. The molecule has 0 saturated carbocycles. The summed E-state index contributed by atoms with van der Waals surface area (Å²) >= 11 is 0. The Balaban J connectivity index is 3.54. The van der Waals surface area contributed by atoms with Crippen LogP contribution in [0, 0.1) is 5.92 Å². The highest BCUT2D eigenvalue weighted by Crippen LogP contribution is 2.06. The van der Waals surface area contributed by atoms with Crippen molar-refractivity contribution < 1.29 is 9.84 Å². The molecule has 0 aliphatic rings. The van der Waals surface area contributed by atoms with Crippen LogP contribution in [0.25, 0.3) is 0 Å². The molecular formula is C8H19NO2. The van der Waals surface area contributed by atoms with Gasteiger partial charge < -0.3 is 15.6 Å². The SMILES string of the molecule is CC(C)[C@H](N)OCC(C)(C)O. The van der Waals surface area contributed by atoms with E-state index in [-0.39, 0.29) is 18.8 Å². The lowest BCUT2D eigenvalue weighted by atomic mass is 10.1. The second kappa shape index (κ2) is 4.04. The quantitative estimate of drug-likeness (QED) is 0.597. The van der Waals surface area contributed by atoms with E-state index < -0.39 is 5.60 Å². The Morgan fingerprint density at radius 3 is 2.18 bits per heavy atom. The monoisotopic (exact) mass is 161 g/mol. The molecule has 1 atom stereocenters. The van der Waals surface area contributed by atoms with Crippen LogP contribution in [0.4, 0.5) is 0 Å². The summed E-state index contributed by atoms with van der Waals surface area (Å²) in [7, 11) is 0. The van der Waals surface area contributed by atoms with Crippen LogP contribution >= 0.6 is 0 Å². The van der Waals surface area contributed by atoms with Gasteiger partial charge >= 0.3 is 0 Å². The van der Waals surface area contributed by atoms with E-state index in [0.29, 0.717) is 0 Å². The van der Waals surface area contributed by atoms with Crippen molar-refractivity contribution in [2.75, 3.05) is 6.61 Å². The molecule has 0 saturated heterocycles. The first-order valence-electron chi connectivity index (χ1n) is 3.92. The second-order valence-corrected chi connectivity index (χ2v) is 3.83. The van der Waals surface area contributed by atoms with E-state index in [2.05, 4.69) is 0 Å². The van der Waals surface area contributed by atoms with Gasteiger partial charge in [0.2, 0.25) is 0 Å². The zero-order chi connectivity index (χ0) is 9.07. The maximum Gasteiger partial charge on any atom is 0.108 e. The standard InChI is InChI=1S/C8H19NO2/c1-6(2)7(9)11-5-8(3,4)10/h6-7,10H,5,9H2,1-4H3/t7-/m1/s1. The van der Waals surface area contributed by atoms with Gasteiger partial charge in [0.05, 0.1) is 12.2 Å². The highest BCUT2D eigenvalue weighted by molar-refractivity contribution is 4.64. The van der Waals surface area contributed by atoms with Crippen molar-refractivity contribution in [3.8, 4) is 0 Å². The van der Waals surface area contributed by atoms with Crippen molar-refractivity contribution in [3.63, 3.8) is 0 Å². The predicted molar refractivity (Wildman–Crippen MR) is 45.1 cm³/mol. The zero-order valence-corrected chi connectivity index (χ0v) is 7.79. The molecule has 0 aliphatic carbocycles. The maximum absolute atomic E-state index is 9.27. The molecule has 0 unspecified atom stereocenters. The molecule has 0 fully saturated rings. The van der Waals surface area contributed by atoms with Crippen LogP contribution in [-0.2, 0) is 4.74 Å². The van der Waals surface area contributed by atoms with E-state index in [4.69, 9.17) is 10.5 Å². The van der Waals surface area contributed by atoms with Crippen molar-refractivity contribution >= 4 is 0 Å². The maximum atomic E-state index is 9.27. The molecule has 0 heterocycles. The summed E-state index contributed by atoms with van der Waals surface area (Å²) in [5.41, 5.74) is 4.81. The van der Waals surface area contributed by atoms with Gasteiger partial charge in [0, 0.05) is 0 Å². The Bertz CT molecular complexity index is 107. The summed E-state index contributed by atoms with van der Waals surface area (Å²) in [6.45, 7) is 7.64. The highest BCUT2D eigenvalue weighted by atomic mass is 16.5. The normalized spacial score (nSPS) is 15.5. The fourth-order valence-electron chi connectivity index (χ4n) is 0.493. The number of rotatable bonds is 4. The Labute approximate surface area is 68.5 Å². The molecule has 0 aromatic heterocycles. The van der Waals surface area contributed by atoms with E-state index in [9.17, 15) is 5.11 Å². The van der Waals surface area contributed by atoms with Crippen molar-refractivity contribution in [1.29, 1.82) is 0 Å². The van der Waals surface area contributed by atoms with Crippen LogP contribution in [0.3, 0.4) is 0 Å². The molecule has 0 rings (SSSR count). The van der Waals surface area contributed by atoms with Crippen molar-refractivity contribution in [2.45, 2.75) is 39.5 Å². The number of nitrogens with two attached hydrogens (primary N) is 1. The molecule has 0 bridgehead atoms. The average molecular weight is 161 g/mol. The summed E-state index contributed by atoms with van der Waals surface area (Å²) in [4.78, 5) is 0. The molecule has 0 amide bonds. The first kappa shape index (κ1) is 10.9. The topological polar surface area (TPSA) is 55.5 Å².